The predicted molar refractivity (Wildman–Crippen MR) is 85.0 cm³/mol. The molecule has 19 heavy (non-hydrogen) atoms. The normalized spacial score (nSPS) is 11.2. The molecule has 0 saturated carbocycles. The number of benzene rings is 1. The van der Waals surface area contributed by atoms with E-state index in [1.807, 2.05) is 19.1 Å². The van der Waals surface area contributed by atoms with Gasteiger partial charge in [0.2, 0.25) is 0 Å². The number of nitrogens with zero attached hydrogens (tertiary/aromatic N) is 2. The van der Waals surface area contributed by atoms with Crippen LogP contribution in [0.4, 0.5) is 0 Å². The van der Waals surface area contributed by atoms with Crippen molar-refractivity contribution in [2.75, 3.05) is 0 Å². The summed E-state index contributed by atoms with van der Waals surface area (Å²) in [5, 5.41) is 5.51. The van der Waals surface area contributed by atoms with Crippen LogP contribution in [0.5, 0.6) is 0 Å². The third-order valence-electron chi connectivity index (χ3n) is 2.95. The molecule has 0 amide bonds. The van der Waals surface area contributed by atoms with E-state index >= 15 is 0 Å². The summed E-state index contributed by atoms with van der Waals surface area (Å²) in [5.41, 5.74) is 4.19. The van der Waals surface area contributed by atoms with Crippen molar-refractivity contribution in [1.82, 2.24) is 9.97 Å². The van der Waals surface area contributed by atoms with Gasteiger partial charge in [-0.25, -0.2) is 9.97 Å². The Morgan fingerprint density at radius 2 is 1.95 bits per heavy atom. The number of aryl methyl sites for hydroxylation is 2. The molecule has 96 valence electrons. The van der Waals surface area contributed by atoms with E-state index in [2.05, 4.69) is 43.6 Å². The van der Waals surface area contributed by atoms with E-state index in [9.17, 15) is 0 Å². The van der Waals surface area contributed by atoms with Gasteiger partial charge < -0.3 is 0 Å². The third-order valence-corrected chi connectivity index (χ3v) is 4.70. The number of aromatic nitrogens is 2. The third kappa shape index (κ3) is 2.29. The molecule has 0 aliphatic rings. The van der Waals surface area contributed by atoms with E-state index < -0.39 is 0 Å². The summed E-state index contributed by atoms with van der Waals surface area (Å²) in [6.45, 7) is 4.08. The minimum atomic E-state index is 0.495. The van der Waals surface area contributed by atoms with Gasteiger partial charge in [0.25, 0.3) is 0 Å². The SMILES string of the molecule is Cc1cc(Br)c2nc(-c3cscc3C)nc(Cl)c2c1. The molecule has 0 atom stereocenters. The van der Waals surface area contributed by atoms with Gasteiger partial charge in [-0.3, -0.25) is 0 Å². The van der Waals surface area contributed by atoms with Gasteiger partial charge in [0.1, 0.15) is 5.15 Å². The van der Waals surface area contributed by atoms with Crippen LogP contribution in [0.3, 0.4) is 0 Å². The number of halogens is 2. The van der Waals surface area contributed by atoms with Crippen LogP contribution >= 0.6 is 38.9 Å². The largest absolute Gasteiger partial charge is 0.227 e. The fourth-order valence-electron chi connectivity index (χ4n) is 2.00. The van der Waals surface area contributed by atoms with Crippen LogP contribution in [0.25, 0.3) is 22.3 Å². The number of thiophene rings is 1. The zero-order valence-electron chi connectivity index (χ0n) is 10.4. The summed E-state index contributed by atoms with van der Waals surface area (Å²) in [7, 11) is 0. The van der Waals surface area contributed by atoms with Crippen LogP contribution in [0.15, 0.2) is 27.4 Å². The van der Waals surface area contributed by atoms with Crippen molar-refractivity contribution in [3.8, 4) is 11.4 Å². The Morgan fingerprint density at radius 1 is 1.16 bits per heavy atom. The standard InChI is InChI=1S/C14H10BrClN2S/c1-7-3-9-12(11(15)4-7)17-14(18-13(9)16)10-6-19-5-8(10)2/h3-6H,1-2H3. The fourth-order valence-corrected chi connectivity index (χ4v) is 3.71. The van der Waals surface area contributed by atoms with E-state index in [4.69, 9.17) is 11.6 Å². The highest BCUT2D eigenvalue weighted by molar-refractivity contribution is 9.10. The highest BCUT2D eigenvalue weighted by atomic mass is 79.9. The van der Waals surface area contributed by atoms with Crippen molar-refractivity contribution < 1.29 is 0 Å². The molecule has 3 aromatic rings. The van der Waals surface area contributed by atoms with Gasteiger partial charge >= 0.3 is 0 Å². The molecule has 0 unspecified atom stereocenters. The number of rotatable bonds is 1. The van der Waals surface area contributed by atoms with Gasteiger partial charge in [0, 0.05) is 20.8 Å². The molecule has 0 N–H and O–H groups in total. The van der Waals surface area contributed by atoms with E-state index in [0.29, 0.717) is 11.0 Å². The molecule has 0 aliphatic carbocycles. The topological polar surface area (TPSA) is 25.8 Å². The van der Waals surface area contributed by atoms with Gasteiger partial charge in [0.15, 0.2) is 5.82 Å². The summed E-state index contributed by atoms with van der Waals surface area (Å²) in [4.78, 5) is 9.07. The molecule has 3 rings (SSSR count). The molecule has 0 saturated heterocycles. The van der Waals surface area contributed by atoms with Crippen LogP contribution in [-0.4, -0.2) is 9.97 Å². The number of fused-ring (bicyclic) bond motifs is 1. The summed E-state index contributed by atoms with van der Waals surface area (Å²) >= 11 is 11.5. The smallest absolute Gasteiger partial charge is 0.162 e. The number of hydrogen-bond acceptors (Lipinski definition) is 3. The molecule has 2 heterocycles. The Labute approximate surface area is 128 Å². The Bertz CT molecular complexity index is 782. The molecule has 0 fully saturated rings. The number of hydrogen-bond donors (Lipinski definition) is 0. The molecule has 0 radical (unpaired) electrons. The van der Waals surface area contributed by atoms with Crippen molar-refractivity contribution in [3.63, 3.8) is 0 Å². The van der Waals surface area contributed by atoms with Gasteiger partial charge in [-0.15, -0.1) is 0 Å². The first-order chi connectivity index (χ1) is 9.06. The monoisotopic (exact) mass is 352 g/mol. The van der Waals surface area contributed by atoms with Crippen LogP contribution in [0.2, 0.25) is 5.15 Å². The molecule has 2 nitrogen and oxygen atoms in total. The van der Waals surface area contributed by atoms with Crippen LogP contribution in [0.1, 0.15) is 11.1 Å². The second-order valence-electron chi connectivity index (χ2n) is 4.45. The molecule has 0 aliphatic heterocycles. The maximum atomic E-state index is 6.31. The van der Waals surface area contributed by atoms with Gasteiger partial charge in [-0.1, -0.05) is 11.6 Å². The Morgan fingerprint density at radius 3 is 2.63 bits per heavy atom. The Kier molecular flexibility index (Phi) is 3.33. The van der Waals surface area contributed by atoms with Crippen molar-refractivity contribution >= 4 is 49.8 Å². The lowest BCUT2D eigenvalue weighted by Gasteiger charge is -2.07. The van der Waals surface area contributed by atoms with E-state index in [-0.39, 0.29) is 0 Å². The van der Waals surface area contributed by atoms with Crippen molar-refractivity contribution in [2.24, 2.45) is 0 Å². The minimum absolute atomic E-state index is 0.495. The van der Waals surface area contributed by atoms with E-state index in [1.54, 1.807) is 11.3 Å². The zero-order valence-corrected chi connectivity index (χ0v) is 13.5. The van der Waals surface area contributed by atoms with Crippen molar-refractivity contribution in [2.45, 2.75) is 13.8 Å². The van der Waals surface area contributed by atoms with Crippen LogP contribution in [0, 0.1) is 13.8 Å². The summed E-state index contributed by atoms with van der Waals surface area (Å²) < 4.78 is 0.945. The van der Waals surface area contributed by atoms with Gasteiger partial charge in [-0.05, 0) is 58.4 Å². The lowest BCUT2D eigenvalue weighted by atomic mass is 10.1. The highest BCUT2D eigenvalue weighted by Gasteiger charge is 2.12. The van der Waals surface area contributed by atoms with E-state index in [0.717, 1.165) is 26.5 Å². The minimum Gasteiger partial charge on any atom is -0.227 e. The maximum Gasteiger partial charge on any atom is 0.162 e. The fraction of sp³-hybridized carbons (Fsp3) is 0.143. The molecular weight excluding hydrogens is 344 g/mol. The summed E-state index contributed by atoms with van der Waals surface area (Å²) in [6, 6.07) is 4.04. The molecule has 5 heteroatoms. The summed E-state index contributed by atoms with van der Waals surface area (Å²) in [5.74, 6) is 0.681. The Hall–Kier alpha value is -0.970. The van der Waals surface area contributed by atoms with Crippen molar-refractivity contribution in [3.05, 3.63) is 43.6 Å². The maximum absolute atomic E-state index is 6.31. The molecule has 1 aromatic carbocycles. The molecule has 0 spiro atoms. The highest BCUT2D eigenvalue weighted by Crippen LogP contribution is 2.32. The molecular formula is C14H10BrClN2S. The van der Waals surface area contributed by atoms with Crippen LogP contribution in [-0.2, 0) is 0 Å². The Balaban J connectivity index is 2.34. The van der Waals surface area contributed by atoms with E-state index in [1.165, 1.54) is 5.56 Å². The average molecular weight is 354 g/mol. The first-order valence-electron chi connectivity index (χ1n) is 5.73. The molecule has 2 aromatic heterocycles. The molecule has 0 bridgehead atoms. The second kappa shape index (κ2) is 4.85. The van der Waals surface area contributed by atoms with Gasteiger partial charge in [0.05, 0.1) is 5.52 Å². The predicted octanol–water partition coefficient (Wildman–Crippen LogP) is 5.39. The second-order valence-corrected chi connectivity index (χ2v) is 6.41. The first-order valence-corrected chi connectivity index (χ1v) is 7.84. The van der Waals surface area contributed by atoms with Crippen LogP contribution < -0.4 is 0 Å². The lowest BCUT2D eigenvalue weighted by Crippen LogP contribution is -1.93. The van der Waals surface area contributed by atoms with Crippen molar-refractivity contribution in [1.29, 1.82) is 0 Å². The summed E-state index contributed by atoms with van der Waals surface area (Å²) in [6.07, 6.45) is 0. The zero-order chi connectivity index (χ0) is 13.6. The quantitative estimate of drug-likeness (QED) is 0.548. The van der Waals surface area contributed by atoms with Gasteiger partial charge in [-0.2, -0.15) is 11.3 Å². The first kappa shape index (κ1) is 13.0. The average Bonchev–Trinajstić information content (AvgIpc) is 2.76. The lowest BCUT2D eigenvalue weighted by molar-refractivity contribution is 1.22.